The van der Waals surface area contributed by atoms with E-state index in [1.54, 1.807) is 36.4 Å². The molecule has 1 aromatic heterocycles. The zero-order valence-corrected chi connectivity index (χ0v) is 11.7. The van der Waals surface area contributed by atoms with Gasteiger partial charge in [0.25, 0.3) is 0 Å². The monoisotopic (exact) mass is 308 g/mol. The smallest absolute Gasteiger partial charge is 0.323 e. The second-order valence-corrected chi connectivity index (χ2v) is 5.24. The topological polar surface area (TPSA) is 68.9 Å². The lowest BCUT2D eigenvalue weighted by molar-refractivity contribution is 0.220. The van der Waals surface area contributed by atoms with Crippen molar-refractivity contribution in [2.24, 2.45) is 0 Å². The second-order valence-electron chi connectivity index (χ2n) is 4.42. The molecule has 4 nitrogen and oxygen atoms in total. The zero-order valence-electron chi connectivity index (χ0n) is 10.2. The maximum Gasteiger partial charge on any atom is 0.323 e. The number of imidazole rings is 1. The van der Waals surface area contributed by atoms with Crippen molar-refractivity contribution in [1.82, 2.24) is 9.97 Å². The van der Waals surface area contributed by atoms with Crippen molar-refractivity contribution in [3.05, 3.63) is 68.1 Å². The van der Waals surface area contributed by atoms with Gasteiger partial charge in [0.2, 0.25) is 0 Å². The SMILES string of the molecule is O=c1[nH]c2cc(Cl)c(C(O)c3ccccc3Cl)cc2[nH]1. The van der Waals surface area contributed by atoms with Crippen molar-refractivity contribution in [2.75, 3.05) is 0 Å². The summed E-state index contributed by atoms with van der Waals surface area (Å²) in [6, 6.07) is 10.2. The van der Waals surface area contributed by atoms with E-state index < -0.39 is 6.10 Å². The molecule has 102 valence electrons. The van der Waals surface area contributed by atoms with Crippen LogP contribution in [0, 0.1) is 0 Å². The highest BCUT2D eigenvalue weighted by Gasteiger charge is 2.18. The number of aromatic amines is 2. The first-order valence-electron chi connectivity index (χ1n) is 5.90. The Balaban J connectivity index is 2.16. The summed E-state index contributed by atoms with van der Waals surface area (Å²) >= 11 is 12.2. The first kappa shape index (κ1) is 13.2. The lowest BCUT2D eigenvalue weighted by Crippen LogP contribution is -2.01. The number of benzene rings is 2. The van der Waals surface area contributed by atoms with Gasteiger partial charge in [0, 0.05) is 21.2 Å². The summed E-state index contributed by atoms with van der Waals surface area (Å²) in [5.74, 6) is 0. The predicted octanol–water partition coefficient (Wildman–Crippen LogP) is 3.24. The van der Waals surface area contributed by atoms with Crippen LogP contribution in [0.2, 0.25) is 10.0 Å². The van der Waals surface area contributed by atoms with Gasteiger partial charge in [-0.1, -0.05) is 41.4 Å². The predicted molar refractivity (Wildman–Crippen MR) is 79.4 cm³/mol. The molecule has 2 aromatic carbocycles. The summed E-state index contributed by atoms with van der Waals surface area (Å²) in [7, 11) is 0. The molecule has 20 heavy (non-hydrogen) atoms. The molecule has 0 saturated carbocycles. The van der Waals surface area contributed by atoms with Crippen LogP contribution in [0.25, 0.3) is 11.0 Å². The fourth-order valence-corrected chi connectivity index (χ4v) is 2.65. The number of aromatic nitrogens is 2. The molecule has 6 heteroatoms. The van der Waals surface area contributed by atoms with Crippen LogP contribution in [-0.4, -0.2) is 15.1 Å². The minimum Gasteiger partial charge on any atom is -0.384 e. The van der Waals surface area contributed by atoms with E-state index in [9.17, 15) is 9.90 Å². The minimum absolute atomic E-state index is 0.319. The molecule has 1 atom stereocenters. The van der Waals surface area contributed by atoms with Gasteiger partial charge in [-0.25, -0.2) is 4.79 Å². The number of hydrogen-bond donors (Lipinski definition) is 3. The van der Waals surface area contributed by atoms with E-state index in [1.165, 1.54) is 0 Å². The van der Waals surface area contributed by atoms with E-state index >= 15 is 0 Å². The number of H-pyrrole nitrogens is 2. The molecule has 0 fully saturated rings. The average molecular weight is 309 g/mol. The van der Waals surface area contributed by atoms with Gasteiger partial charge in [0.05, 0.1) is 11.0 Å². The fraction of sp³-hybridized carbons (Fsp3) is 0.0714. The third-order valence-corrected chi connectivity index (χ3v) is 3.80. The van der Waals surface area contributed by atoms with Crippen molar-refractivity contribution < 1.29 is 5.11 Å². The molecule has 3 aromatic rings. The molecular weight excluding hydrogens is 299 g/mol. The van der Waals surface area contributed by atoms with Crippen molar-refractivity contribution in [2.45, 2.75) is 6.10 Å². The number of aliphatic hydroxyl groups is 1. The third-order valence-electron chi connectivity index (χ3n) is 3.13. The van der Waals surface area contributed by atoms with Gasteiger partial charge in [0.1, 0.15) is 6.10 Å². The van der Waals surface area contributed by atoms with Crippen LogP contribution in [-0.2, 0) is 0 Å². The molecule has 3 N–H and O–H groups in total. The van der Waals surface area contributed by atoms with Crippen molar-refractivity contribution in [3.8, 4) is 0 Å². The highest BCUT2D eigenvalue weighted by Crippen LogP contribution is 2.33. The van der Waals surface area contributed by atoms with Crippen molar-refractivity contribution >= 4 is 34.2 Å². The summed E-state index contributed by atoms with van der Waals surface area (Å²) in [6.45, 7) is 0. The lowest BCUT2D eigenvalue weighted by atomic mass is 10.0. The molecule has 0 aliphatic heterocycles. The lowest BCUT2D eigenvalue weighted by Gasteiger charge is -2.14. The van der Waals surface area contributed by atoms with E-state index in [0.717, 1.165) is 0 Å². The second kappa shape index (κ2) is 4.98. The van der Waals surface area contributed by atoms with Crippen molar-refractivity contribution in [3.63, 3.8) is 0 Å². The van der Waals surface area contributed by atoms with E-state index in [-0.39, 0.29) is 5.69 Å². The maximum atomic E-state index is 11.3. The summed E-state index contributed by atoms with van der Waals surface area (Å²) in [4.78, 5) is 16.5. The molecule has 0 bridgehead atoms. The molecule has 0 amide bonds. The minimum atomic E-state index is -0.959. The average Bonchev–Trinajstić information content (AvgIpc) is 2.76. The highest BCUT2D eigenvalue weighted by molar-refractivity contribution is 6.32. The maximum absolute atomic E-state index is 11.3. The quantitative estimate of drug-likeness (QED) is 0.680. The Kier molecular flexibility index (Phi) is 3.30. The Morgan fingerprint density at radius 2 is 1.60 bits per heavy atom. The Hall–Kier alpha value is -1.75. The van der Waals surface area contributed by atoms with E-state index in [1.807, 2.05) is 0 Å². The molecule has 0 aliphatic rings. The standard InChI is InChI=1S/C14H10Cl2N2O2/c15-9-4-2-1-3-7(9)13(19)8-5-11-12(6-10(8)16)18-14(20)17-11/h1-6,13,19H,(H2,17,18,20). The van der Waals surface area contributed by atoms with Crippen LogP contribution in [0.1, 0.15) is 17.2 Å². The van der Waals surface area contributed by atoms with Gasteiger partial charge < -0.3 is 15.1 Å². The Bertz CT molecular complexity index is 839. The van der Waals surface area contributed by atoms with Gasteiger partial charge in [-0.05, 0) is 18.2 Å². The Morgan fingerprint density at radius 3 is 2.30 bits per heavy atom. The van der Waals surface area contributed by atoms with Crippen LogP contribution >= 0.6 is 23.2 Å². The number of aliphatic hydroxyl groups excluding tert-OH is 1. The first-order chi connectivity index (χ1) is 9.56. The largest absolute Gasteiger partial charge is 0.384 e. The number of halogens is 2. The van der Waals surface area contributed by atoms with Crippen LogP contribution in [0.5, 0.6) is 0 Å². The number of fused-ring (bicyclic) bond motifs is 1. The van der Waals surface area contributed by atoms with Gasteiger partial charge in [0.15, 0.2) is 0 Å². The summed E-state index contributed by atoms with van der Waals surface area (Å²) in [6.07, 6.45) is -0.959. The summed E-state index contributed by atoms with van der Waals surface area (Å²) < 4.78 is 0. The van der Waals surface area contributed by atoms with E-state index in [2.05, 4.69) is 9.97 Å². The number of nitrogens with one attached hydrogen (secondary N) is 2. The molecular formula is C14H10Cl2N2O2. The molecule has 0 spiro atoms. The first-order valence-corrected chi connectivity index (χ1v) is 6.66. The Labute approximate surface area is 124 Å². The van der Waals surface area contributed by atoms with Crippen LogP contribution in [0.3, 0.4) is 0 Å². The van der Waals surface area contributed by atoms with Gasteiger partial charge in [-0.3, -0.25) is 0 Å². The summed E-state index contributed by atoms with van der Waals surface area (Å²) in [5.41, 5.74) is 1.91. The fourth-order valence-electron chi connectivity index (χ4n) is 2.15. The molecule has 0 aliphatic carbocycles. The zero-order chi connectivity index (χ0) is 14.3. The van der Waals surface area contributed by atoms with Gasteiger partial charge in [-0.2, -0.15) is 0 Å². The van der Waals surface area contributed by atoms with Crippen LogP contribution < -0.4 is 5.69 Å². The van der Waals surface area contributed by atoms with Crippen LogP contribution in [0.4, 0.5) is 0 Å². The highest BCUT2D eigenvalue weighted by atomic mass is 35.5. The molecule has 0 radical (unpaired) electrons. The summed E-state index contributed by atoms with van der Waals surface area (Å²) in [5, 5.41) is 11.3. The number of rotatable bonds is 2. The van der Waals surface area contributed by atoms with Gasteiger partial charge in [-0.15, -0.1) is 0 Å². The van der Waals surface area contributed by atoms with E-state index in [4.69, 9.17) is 23.2 Å². The van der Waals surface area contributed by atoms with E-state index in [0.29, 0.717) is 32.2 Å². The number of hydrogen-bond acceptors (Lipinski definition) is 2. The third kappa shape index (κ3) is 2.22. The van der Waals surface area contributed by atoms with Gasteiger partial charge >= 0.3 is 5.69 Å². The van der Waals surface area contributed by atoms with Crippen molar-refractivity contribution in [1.29, 1.82) is 0 Å². The molecule has 0 saturated heterocycles. The Morgan fingerprint density at radius 1 is 0.950 bits per heavy atom. The molecule has 3 rings (SSSR count). The van der Waals surface area contributed by atoms with Crippen LogP contribution in [0.15, 0.2) is 41.2 Å². The molecule has 1 unspecified atom stereocenters. The normalized spacial score (nSPS) is 12.8. The molecule has 1 heterocycles.